The maximum Gasteiger partial charge on any atom is -0.0132 e. The molecule has 0 fully saturated rings. The molecule has 0 amide bonds. The third kappa shape index (κ3) is 28.0. The lowest BCUT2D eigenvalue weighted by molar-refractivity contribution is 0.590. The molecule has 6 aromatic rings. The topological polar surface area (TPSA) is 0 Å². The van der Waals surface area contributed by atoms with E-state index in [-0.39, 0.29) is 5.41 Å². The molecule has 0 aliphatic heterocycles. The van der Waals surface area contributed by atoms with Crippen molar-refractivity contribution in [2.24, 2.45) is 0 Å². The standard InChI is InChI=1S/C12H16.C10H12.C9H10.3C8H8.C3H6.C2H6/c1-5-10-6-8-11(9-7-10)12(2,3)4;1-8(2)10-7-5-4-6-9(10)3;1-8(2)9-6-4-3-5-7-9;3*1-2-8-6-4-3-5-7-8;1-3-2;1-2/h5-9H,1H2,2-4H3;4-7H,1H2,2-3H3;3-7H,1H2,2H3;3*2-7H,1H2;3H,1H2,2H3;1-2H3. The Kier molecular flexibility index (Phi) is 33.0. The van der Waals surface area contributed by atoms with E-state index < -0.39 is 0 Å². The van der Waals surface area contributed by atoms with Crippen LogP contribution in [0.4, 0.5) is 0 Å². The predicted octanol–water partition coefficient (Wildman–Crippen LogP) is 18.6. The lowest BCUT2D eigenvalue weighted by Gasteiger charge is -2.18. The summed E-state index contributed by atoms with van der Waals surface area (Å²) in [4.78, 5) is 0. The van der Waals surface area contributed by atoms with Gasteiger partial charge in [0.2, 0.25) is 0 Å². The molecule has 6 rings (SSSR count). The summed E-state index contributed by atoms with van der Waals surface area (Å²) in [5.74, 6) is 0. The fourth-order valence-electron chi connectivity index (χ4n) is 4.66. The minimum absolute atomic E-state index is 0.250. The molecule has 0 bridgehead atoms. The van der Waals surface area contributed by atoms with E-state index in [9.17, 15) is 0 Å². The summed E-state index contributed by atoms with van der Waals surface area (Å²) in [6.07, 6.45) is 9.12. The van der Waals surface area contributed by atoms with Crippen LogP contribution in [0.3, 0.4) is 0 Å². The number of hydrogen-bond acceptors (Lipinski definition) is 0. The minimum atomic E-state index is 0.250. The van der Waals surface area contributed by atoms with Gasteiger partial charge in [-0.25, -0.2) is 0 Å². The molecule has 314 valence electrons. The minimum Gasteiger partial charge on any atom is -0.103 e. The summed E-state index contributed by atoms with van der Waals surface area (Å²) < 4.78 is 0. The van der Waals surface area contributed by atoms with Gasteiger partial charge >= 0.3 is 0 Å². The summed E-state index contributed by atoms with van der Waals surface area (Å²) in [5, 5.41) is 0. The van der Waals surface area contributed by atoms with Gasteiger partial charge in [0.05, 0.1) is 0 Å². The second-order valence-electron chi connectivity index (χ2n) is 14.1. The van der Waals surface area contributed by atoms with Crippen LogP contribution in [-0.2, 0) is 5.41 Å². The number of allylic oxidation sites excluding steroid dienone is 3. The number of hydrogen-bond donors (Lipinski definition) is 0. The normalized spacial score (nSPS) is 8.88. The van der Waals surface area contributed by atoms with E-state index >= 15 is 0 Å². The molecule has 0 nitrogen and oxygen atoms in total. The van der Waals surface area contributed by atoms with Crippen molar-refractivity contribution < 1.29 is 0 Å². The molecule has 0 N–H and O–H groups in total. The average Bonchev–Trinajstić information content (AvgIpc) is 3.29. The van der Waals surface area contributed by atoms with Crippen molar-refractivity contribution in [1.82, 2.24) is 0 Å². The van der Waals surface area contributed by atoms with E-state index in [4.69, 9.17) is 0 Å². The number of benzene rings is 6. The van der Waals surface area contributed by atoms with Crippen LogP contribution >= 0.6 is 0 Å². The fourth-order valence-corrected chi connectivity index (χ4v) is 4.66. The highest BCUT2D eigenvalue weighted by molar-refractivity contribution is 5.64. The van der Waals surface area contributed by atoms with E-state index in [0.717, 1.165) is 11.1 Å². The highest BCUT2D eigenvalue weighted by atomic mass is 14.2. The lowest BCUT2D eigenvalue weighted by Crippen LogP contribution is -2.10. The van der Waals surface area contributed by atoms with E-state index in [1.807, 2.05) is 180 Å². The smallest absolute Gasteiger partial charge is 0.0132 e. The Morgan fingerprint density at radius 1 is 0.417 bits per heavy atom. The third-order valence-corrected chi connectivity index (χ3v) is 7.99. The van der Waals surface area contributed by atoms with Crippen molar-refractivity contribution >= 4 is 35.5 Å². The van der Waals surface area contributed by atoms with Crippen LogP contribution in [0.5, 0.6) is 0 Å². The molecule has 0 aliphatic carbocycles. The second kappa shape index (κ2) is 35.6. The molecular weight excluding hydrogens is 721 g/mol. The molecule has 0 unspecified atom stereocenters. The van der Waals surface area contributed by atoms with Crippen LogP contribution in [0.25, 0.3) is 35.5 Å². The summed E-state index contributed by atoms with van der Waals surface area (Å²) in [6.45, 7) is 44.4. The van der Waals surface area contributed by atoms with E-state index in [1.165, 1.54) is 44.5 Å². The van der Waals surface area contributed by atoms with Crippen molar-refractivity contribution in [3.8, 4) is 0 Å². The largest absolute Gasteiger partial charge is 0.103 e. The Bertz CT molecular complexity index is 1900. The molecule has 6 aromatic carbocycles. The van der Waals surface area contributed by atoms with Gasteiger partial charge in [-0.3, -0.25) is 0 Å². The van der Waals surface area contributed by atoms with Gasteiger partial charge in [0, 0.05) is 0 Å². The molecule has 0 aliphatic rings. The maximum atomic E-state index is 3.89. The molecule has 0 saturated carbocycles. The van der Waals surface area contributed by atoms with Crippen LogP contribution in [0.1, 0.15) is 99.9 Å². The highest BCUT2D eigenvalue weighted by Gasteiger charge is 2.12. The summed E-state index contributed by atoms with van der Waals surface area (Å²) in [6, 6.07) is 57.1. The van der Waals surface area contributed by atoms with Gasteiger partial charge in [-0.2, -0.15) is 0 Å². The zero-order chi connectivity index (χ0) is 45.6. The molecule has 0 aromatic heterocycles. The zero-order valence-corrected chi connectivity index (χ0v) is 38.5. The first-order valence-electron chi connectivity index (χ1n) is 20.5. The van der Waals surface area contributed by atoms with Crippen LogP contribution in [0.2, 0.25) is 0 Å². The van der Waals surface area contributed by atoms with Gasteiger partial charge in [0.25, 0.3) is 0 Å². The Labute approximate surface area is 368 Å². The zero-order valence-electron chi connectivity index (χ0n) is 38.5. The van der Waals surface area contributed by atoms with Gasteiger partial charge in [0.15, 0.2) is 0 Å². The Balaban J connectivity index is 0. The van der Waals surface area contributed by atoms with Crippen molar-refractivity contribution in [2.45, 2.75) is 67.7 Å². The van der Waals surface area contributed by atoms with Crippen molar-refractivity contribution in [1.29, 1.82) is 0 Å². The Morgan fingerprint density at radius 2 is 0.700 bits per heavy atom. The quantitative estimate of drug-likeness (QED) is 0.147. The Morgan fingerprint density at radius 3 is 0.917 bits per heavy atom. The molecule has 0 saturated heterocycles. The van der Waals surface area contributed by atoms with E-state index in [2.05, 4.69) is 122 Å². The van der Waals surface area contributed by atoms with Crippen LogP contribution in [-0.4, -0.2) is 0 Å². The van der Waals surface area contributed by atoms with Crippen molar-refractivity contribution in [3.63, 3.8) is 0 Å². The highest BCUT2D eigenvalue weighted by Crippen LogP contribution is 2.22. The second-order valence-corrected chi connectivity index (χ2v) is 14.1. The van der Waals surface area contributed by atoms with Gasteiger partial charge in [-0.05, 0) is 77.6 Å². The van der Waals surface area contributed by atoms with E-state index in [1.54, 1.807) is 6.08 Å². The molecule has 0 atom stereocenters. The molecule has 0 radical (unpaired) electrons. The monoisotopic (exact) mass is 795 g/mol. The van der Waals surface area contributed by atoms with Crippen molar-refractivity contribution in [2.75, 3.05) is 0 Å². The van der Waals surface area contributed by atoms with Gasteiger partial charge in [-0.1, -0.05) is 285 Å². The lowest BCUT2D eigenvalue weighted by atomic mass is 9.87. The molecular formula is C60H74. The summed E-state index contributed by atoms with van der Waals surface area (Å²) in [7, 11) is 0. The number of rotatable bonds is 6. The Hall–Kier alpha value is -6.50. The molecule has 0 spiro atoms. The maximum absolute atomic E-state index is 3.89. The SMILES string of the molecule is C=C(C)c1ccccc1.C=C(C)c1ccccc1C.C=CC.C=Cc1ccc(C(C)(C)C)cc1.C=Cc1ccccc1.C=Cc1ccccc1.C=Cc1ccccc1.CC. The van der Waals surface area contributed by atoms with Crippen molar-refractivity contribution in [3.05, 3.63) is 266 Å². The molecule has 60 heavy (non-hydrogen) atoms. The summed E-state index contributed by atoms with van der Waals surface area (Å²) in [5.41, 5.74) is 12.4. The summed E-state index contributed by atoms with van der Waals surface area (Å²) >= 11 is 0. The third-order valence-electron chi connectivity index (χ3n) is 7.99. The fraction of sp³-hybridized carbons (Fsp3) is 0.167. The molecule has 0 heteroatoms. The first kappa shape index (κ1) is 55.6. The van der Waals surface area contributed by atoms with E-state index in [0.29, 0.717) is 0 Å². The number of aryl methyl sites for hydroxylation is 1. The van der Waals surface area contributed by atoms with Gasteiger partial charge < -0.3 is 0 Å². The van der Waals surface area contributed by atoms with Crippen LogP contribution < -0.4 is 0 Å². The van der Waals surface area contributed by atoms with Gasteiger partial charge in [-0.15, -0.1) is 6.58 Å². The first-order chi connectivity index (χ1) is 28.8. The molecule has 0 heterocycles. The van der Waals surface area contributed by atoms with Crippen LogP contribution in [0.15, 0.2) is 222 Å². The predicted molar refractivity (Wildman–Crippen MR) is 279 cm³/mol. The average molecular weight is 795 g/mol. The van der Waals surface area contributed by atoms with Crippen LogP contribution in [0, 0.1) is 6.92 Å². The van der Waals surface area contributed by atoms with Gasteiger partial charge in [0.1, 0.15) is 0 Å². The first-order valence-corrected chi connectivity index (χ1v) is 20.5.